The second kappa shape index (κ2) is 6.19. The topological polar surface area (TPSA) is 21.3 Å². The smallest absolute Gasteiger partial charge is 0.0661 e. The summed E-state index contributed by atoms with van der Waals surface area (Å²) < 4.78 is 5.87. The maximum atomic E-state index is 5.87. The van der Waals surface area contributed by atoms with Crippen LogP contribution in [-0.2, 0) is 4.74 Å². The molecule has 17 heavy (non-hydrogen) atoms. The van der Waals surface area contributed by atoms with Crippen LogP contribution in [0.1, 0.15) is 65.2 Å². The van der Waals surface area contributed by atoms with E-state index in [0.717, 1.165) is 12.6 Å². The largest absolute Gasteiger partial charge is 0.378 e. The Kier molecular flexibility index (Phi) is 4.87. The van der Waals surface area contributed by atoms with Crippen LogP contribution in [0.3, 0.4) is 0 Å². The first kappa shape index (κ1) is 13.4. The van der Waals surface area contributed by atoms with E-state index in [-0.39, 0.29) is 0 Å². The minimum Gasteiger partial charge on any atom is -0.378 e. The third-order valence-corrected chi connectivity index (χ3v) is 4.86. The predicted molar refractivity (Wildman–Crippen MR) is 72.2 cm³/mol. The lowest BCUT2D eigenvalue weighted by Gasteiger charge is -2.61. The number of hydrogen-bond donors (Lipinski definition) is 1. The molecule has 0 amide bonds. The molecule has 2 saturated carbocycles. The maximum Gasteiger partial charge on any atom is 0.0661 e. The van der Waals surface area contributed by atoms with Crippen molar-refractivity contribution in [1.82, 2.24) is 5.32 Å². The minimum absolute atomic E-state index is 0.542. The highest BCUT2D eigenvalue weighted by Crippen LogP contribution is 2.57. The van der Waals surface area contributed by atoms with Crippen LogP contribution in [0.5, 0.6) is 0 Å². The molecule has 100 valence electrons. The molecule has 0 bridgehead atoms. The summed E-state index contributed by atoms with van der Waals surface area (Å²) in [7, 11) is 0. The molecule has 2 unspecified atom stereocenters. The van der Waals surface area contributed by atoms with E-state index in [4.69, 9.17) is 4.74 Å². The molecule has 0 aliphatic heterocycles. The molecule has 2 atom stereocenters. The first-order valence-electron chi connectivity index (χ1n) is 7.68. The molecule has 2 heteroatoms. The molecule has 2 rings (SSSR count). The molecule has 0 heterocycles. The van der Waals surface area contributed by atoms with E-state index in [1.807, 2.05) is 0 Å². The standard InChI is InChI=1S/C15H29NO/c1-3-5-6-7-11-16-13-12-14(17-4-2)15(13)9-8-10-15/h13-14,16H,3-12H2,1-2H3. The summed E-state index contributed by atoms with van der Waals surface area (Å²) in [5.41, 5.74) is 0.542. The van der Waals surface area contributed by atoms with Crippen molar-refractivity contribution in [1.29, 1.82) is 0 Å². The third-order valence-electron chi connectivity index (χ3n) is 4.86. The molecule has 0 saturated heterocycles. The van der Waals surface area contributed by atoms with Crippen LogP contribution in [-0.4, -0.2) is 25.3 Å². The van der Waals surface area contributed by atoms with Gasteiger partial charge in [0.2, 0.25) is 0 Å². The zero-order valence-electron chi connectivity index (χ0n) is 11.6. The van der Waals surface area contributed by atoms with Crippen LogP contribution in [0.25, 0.3) is 0 Å². The Hall–Kier alpha value is -0.0800. The van der Waals surface area contributed by atoms with Crippen molar-refractivity contribution in [3.05, 3.63) is 0 Å². The Morgan fingerprint density at radius 3 is 2.59 bits per heavy atom. The van der Waals surface area contributed by atoms with Crippen LogP contribution >= 0.6 is 0 Å². The van der Waals surface area contributed by atoms with E-state index in [1.54, 1.807) is 0 Å². The van der Waals surface area contributed by atoms with Gasteiger partial charge in [-0.05, 0) is 39.2 Å². The summed E-state index contributed by atoms with van der Waals surface area (Å²) in [5, 5.41) is 3.78. The van der Waals surface area contributed by atoms with Gasteiger partial charge in [0.15, 0.2) is 0 Å². The molecule has 2 aliphatic rings. The van der Waals surface area contributed by atoms with Crippen LogP contribution in [0.4, 0.5) is 0 Å². The molecule has 0 aromatic heterocycles. The Bertz CT molecular complexity index is 225. The quantitative estimate of drug-likeness (QED) is 0.655. The number of rotatable bonds is 8. The SMILES string of the molecule is CCCCCCNC1CC(OCC)C12CCC2. The van der Waals surface area contributed by atoms with E-state index in [2.05, 4.69) is 19.2 Å². The maximum absolute atomic E-state index is 5.87. The van der Waals surface area contributed by atoms with Gasteiger partial charge in [-0.3, -0.25) is 0 Å². The van der Waals surface area contributed by atoms with Crippen molar-refractivity contribution in [2.45, 2.75) is 77.4 Å². The van der Waals surface area contributed by atoms with Gasteiger partial charge in [-0.25, -0.2) is 0 Å². The van der Waals surface area contributed by atoms with Crippen molar-refractivity contribution >= 4 is 0 Å². The molecule has 0 radical (unpaired) electrons. The second-order valence-electron chi connectivity index (χ2n) is 5.83. The number of nitrogens with one attached hydrogen (secondary N) is 1. The van der Waals surface area contributed by atoms with Gasteiger partial charge in [0.25, 0.3) is 0 Å². The minimum atomic E-state index is 0.542. The lowest BCUT2D eigenvalue weighted by Crippen LogP contribution is -2.66. The van der Waals surface area contributed by atoms with Gasteiger partial charge in [-0.1, -0.05) is 32.6 Å². The average molecular weight is 239 g/mol. The van der Waals surface area contributed by atoms with Crippen LogP contribution in [0.15, 0.2) is 0 Å². The molecule has 0 aromatic carbocycles. The molecule has 0 aromatic rings. The summed E-state index contributed by atoms with van der Waals surface area (Å²) in [6, 6.07) is 0.759. The van der Waals surface area contributed by atoms with Gasteiger partial charge in [-0.2, -0.15) is 0 Å². The zero-order valence-corrected chi connectivity index (χ0v) is 11.6. The van der Waals surface area contributed by atoms with Gasteiger partial charge < -0.3 is 10.1 Å². The Labute approximate surface area is 107 Å². The Morgan fingerprint density at radius 1 is 1.18 bits per heavy atom. The van der Waals surface area contributed by atoms with Crippen LogP contribution in [0, 0.1) is 5.41 Å². The lowest BCUT2D eigenvalue weighted by atomic mass is 9.51. The van der Waals surface area contributed by atoms with Crippen LogP contribution in [0.2, 0.25) is 0 Å². The Morgan fingerprint density at radius 2 is 2.00 bits per heavy atom. The molecule has 1 N–H and O–H groups in total. The first-order chi connectivity index (χ1) is 8.33. The molecule has 2 fully saturated rings. The van der Waals surface area contributed by atoms with Crippen molar-refractivity contribution < 1.29 is 4.74 Å². The highest BCUT2D eigenvalue weighted by Gasteiger charge is 2.58. The van der Waals surface area contributed by atoms with Gasteiger partial charge >= 0.3 is 0 Å². The molecule has 1 spiro atoms. The average Bonchev–Trinajstić information content (AvgIpc) is 2.23. The fraction of sp³-hybridized carbons (Fsp3) is 1.00. The summed E-state index contributed by atoms with van der Waals surface area (Å²) in [6.07, 6.45) is 11.5. The Balaban J connectivity index is 1.65. The van der Waals surface area contributed by atoms with Gasteiger partial charge in [-0.15, -0.1) is 0 Å². The van der Waals surface area contributed by atoms with E-state index < -0.39 is 0 Å². The fourth-order valence-corrected chi connectivity index (χ4v) is 3.55. The van der Waals surface area contributed by atoms with E-state index in [0.29, 0.717) is 11.5 Å². The van der Waals surface area contributed by atoms with Crippen LogP contribution < -0.4 is 5.32 Å². The van der Waals surface area contributed by atoms with Crippen molar-refractivity contribution in [3.8, 4) is 0 Å². The highest BCUT2D eigenvalue weighted by molar-refractivity contribution is 5.11. The fourth-order valence-electron chi connectivity index (χ4n) is 3.55. The highest BCUT2D eigenvalue weighted by atomic mass is 16.5. The number of hydrogen-bond acceptors (Lipinski definition) is 2. The third kappa shape index (κ3) is 2.68. The van der Waals surface area contributed by atoms with Crippen molar-refractivity contribution in [2.24, 2.45) is 5.41 Å². The van der Waals surface area contributed by atoms with Gasteiger partial charge in [0.05, 0.1) is 6.10 Å². The van der Waals surface area contributed by atoms with Gasteiger partial charge in [0.1, 0.15) is 0 Å². The zero-order chi connectivity index (χ0) is 12.1. The number of unbranched alkanes of at least 4 members (excludes halogenated alkanes) is 3. The molecular weight excluding hydrogens is 210 g/mol. The normalized spacial score (nSPS) is 30.0. The van der Waals surface area contributed by atoms with Crippen molar-refractivity contribution in [2.75, 3.05) is 13.2 Å². The molecular formula is C15H29NO. The summed E-state index contributed by atoms with van der Waals surface area (Å²) >= 11 is 0. The van der Waals surface area contributed by atoms with E-state index >= 15 is 0 Å². The lowest BCUT2D eigenvalue weighted by molar-refractivity contribution is -0.172. The van der Waals surface area contributed by atoms with Gasteiger partial charge in [0, 0.05) is 18.1 Å². The monoisotopic (exact) mass is 239 g/mol. The first-order valence-corrected chi connectivity index (χ1v) is 7.68. The summed E-state index contributed by atoms with van der Waals surface area (Å²) in [4.78, 5) is 0. The summed E-state index contributed by atoms with van der Waals surface area (Å²) in [6.45, 7) is 6.49. The van der Waals surface area contributed by atoms with Crippen molar-refractivity contribution in [3.63, 3.8) is 0 Å². The molecule has 2 nitrogen and oxygen atoms in total. The molecule has 2 aliphatic carbocycles. The predicted octanol–water partition coefficient (Wildman–Crippen LogP) is 3.50. The van der Waals surface area contributed by atoms with E-state index in [1.165, 1.54) is 57.9 Å². The second-order valence-corrected chi connectivity index (χ2v) is 5.83. The number of ether oxygens (including phenoxy) is 1. The summed E-state index contributed by atoms with van der Waals surface area (Å²) in [5.74, 6) is 0. The van der Waals surface area contributed by atoms with E-state index in [9.17, 15) is 0 Å².